The number of nitrogen functional groups attached to an aromatic ring is 1. The maximum Gasteiger partial charge on any atom is 0.237 e. The second-order valence-corrected chi connectivity index (χ2v) is 9.76. The molecule has 0 fully saturated rings. The molecule has 0 aliphatic rings. The number of carbonyl (C=O) groups excluding carboxylic acids is 1. The number of aryl methyl sites for hydroxylation is 1. The molecule has 3 rings (SSSR count). The number of nitrogens with zero attached hydrogens (tertiary/aromatic N) is 3. The SMILES string of the molecule is COc1ccc(C)cc1NC(=O)C(C)Sc1nnc(-c2ccc(C(C)(C)C)cc2)n1N. The van der Waals surface area contributed by atoms with Crippen LogP contribution < -0.4 is 15.9 Å². The number of thioether (sulfide) groups is 1. The number of benzene rings is 2. The third-order valence-corrected chi connectivity index (χ3v) is 5.99. The maximum atomic E-state index is 12.7. The molecular weight excluding hydrogens is 410 g/mol. The van der Waals surface area contributed by atoms with E-state index in [1.165, 1.54) is 22.0 Å². The van der Waals surface area contributed by atoms with Gasteiger partial charge in [-0.25, -0.2) is 4.68 Å². The van der Waals surface area contributed by atoms with Crippen molar-refractivity contribution in [2.75, 3.05) is 18.3 Å². The highest BCUT2D eigenvalue weighted by molar-refractivity contribution is 8.00. The van der Waals surface area contributed by atoms with Crippen LogP contribution in [0.25, 0.3) is 11.4 Å². The van der Waals surface area contributed by atoms with Crippen molar-refractivity contribution in [1.29, 1.82) is 0 Å². The van der Waals surface area contributed by atoms with E-state index < -0.39 is 5.25 Å². The van der Waals surface area contributed by atoms with Crippen LogP contribution in [0.3, 0.4) is 0 Å². The Hall–Kier alpha value is -3.00. The summed E-state index contributed by atoms with van der Waals surface area (Å²) in [7, 11) is 1.57. The van der Waals surface area contributed by atoms with Gasteiger partial charge in [0.1, 0.15) is 5.75 Å². The number of methoxy groups -OCH3 is 1. The Morgan fingerprint density at radius 1 is 1.16 bits per heavy atom. The smallest absolute Gasteiger partial charge is 0.237 e. The lowest BCUT2D eigenvalue weighted by molar-refractivity contribution is -0.115. The van der Waals surface area contributed by atoms with E-state index in [-0.39, 0.29) is 11.3 Å². The normalized spacial score (nSPS) is 12.5. The third kappa shape index (κ3) is 5.19. The highest BCUT2D eigenvalue weighted by Crippen LogP contribution is 2.29. The molecule has 3 aromatic rings. The van der Waals surface area contributed by atoms with Crippen molar-refractivity contribution in [2.24, 2.45) is 0 Å². The largest absolute Gasteiger partial charge is 0.495 e. The first kappa shape index (κ1) is 22.7. The number of anilines is 1. The lowest BCUT2D eigenvalue weighted by atomic mass is 9.87. The molecule has 2 aromatic carbocycles. The molecule has 0 bridgehead atoms. The van der Waals surface area contributed by atoms with Gasteiger partial charge in [-0.2, -0.15) is 0 Å². The predicted molar refractivity (Wildman–Crippen MR) is 126 cm³/mol. The van der Waals surface area contributed by atoms with Crippen LogP contribution in [0, 0.1) is 6.92 Å². The van der Waals surface area contributed by atoms with Crippen molar-refractivity contribution in [3.8, 4) is 17.1 Å². The van der Waals surface area contributed by atoms with Gasteiger partial charge < -0.3 is 15.9 Å². The van der Waals surface area contributed by atoms with Crippen LogP contribution >= 0.6 is 11.8 Å². The van der Waals surface area contributed by atoms with Gasteiger partial charge in [-0.1, -0.05) is 62.9 Å². The van der Waals surface area contributed by atoms with Gasteiger partial charge in [0, 0.05) is 5.56 Å². The summed E-state index contributed by atoms with van der Waals surface area (Å²) in [6.45, 7) is 10.3. The molecule has 1 heterocycles. The molecule has 0 saturated heterocycles. The molecule has 164 valence electrons. The average molecular weight is 440 g/mol. The quantitative estimate of drug-likeness (QED) is 0.437. The summed E-state index contributed by atoms with van der Waals surface area (Å²) in [5, 5.41) is 11.4. The molecule has 31 heavy (non-hydrogen) atoms. The monoisotopic (exact) mass is 439 g/mol. The minimum atomic E-state index is -0.437. The number of aromatic nitrogens is 3. The fraction of sp³-hybridized carbons (Fsp3) is 0.348. The number of nitrogens with two attached hydrogens (primary N) is 1. The fourth-order valence-corrected chi connectivity index (χ4v) is 3.81. The van der Waals surface area contributed by atoms with Crippen LogP contribution in [0.2, 0.25) is 0 Å². The molecule has 0 saturated carbocycles. The topological polar surface area (TPSA) is 95.1 Å². The van der Waals surface area contributed by atoms with Crippen molar-refractivity contribution >= 4 is 23.4 Å². The van der Waals surface area contributed by atoms with Crippen LogP contribution in [-0.4, -0.2) is 33.1 Å². The van der Waals surface area contributed by atoms with Crippen molar-refractivity contribution in [2.45, 2.75) is 50.4 Å². The minimum Gasteiger partial charge on any atom is -0.495 e. The number of carbonyl (C=O) groups is 1. The molecule has 0 radical (unpaired) electrons. The first-order valence-electron chi connectivity index (χ1n) is 10.0. The number of amides is 1. The van der Waals surface area contributed by atoms with Gasteiger partial charge in [0.15, 0.2) is 5.82 Å². The molecule has 1 aromatic heterocycles. The minimum absolute atomic E-state index is 0.0682. The summed E-state index contributed by atoms with van der Waals surface area (Å²) >= 11 is 1.25. The molecule has 1 amide bonds. The fourth-order valence-electron chi connectivity index (χ4n) is 3.04. The Labute approximate surface area is 187 Å². The van der Waals surface area contributed by atoms with E-state index in [9.17, 15) is 4.79 Å². The van der Waals surface area contributed by atoms with E-state index in [2.05, 4.69) is 48.4 Å². The van der Waals surface area contributed by atoms with Gasteiger partial charge in [0.05, 0.1) is 18.0 Å². The summed E-state index contributed by atoms with van der Waals surface area (Å²) in [6.07, 6.45) is 0. The molecule has 1 atom stereocenters. The van der Waals surface area contributed by atoms with Crippen LogP contribution in [-0.2, 0) is 10.2 Å². The third-order valence-electron chi connectivity index (χ3n) is 4.94. The van der Waals surface area contributed by atoms with Gasteiger partial charge in [-0.05, 0) is 42.5 Å². The Balaban J connectivity index is 1.73. The second-order valence-electron chi connectivity index (χ2n) is 8.46. The standard InChI is InChI=1S/C23H29N5O2S/c1-14-7-12-19(30-6)18(13-14)25-21(29)15(2)31-22-27-26-20(28(22)24)16-8-10-17(11-9-16)23(3,4)5/h7-13,15H,24H2,1-6H3,(H,25,29). The van der Waals surface area contributed by atoms with Crippen molar-refractivity contribution in [1.82, 2.24) is 14.9 Å². The molecule has 1 unspecified atom stereocenters. The number of hydrogen-bond acceptors (Lipinski definition) is 6. The highest BCUT2D eigenvalue weighted by atomic mass is 32.2. The summed E-state index contributed by atoms with van der Waals surface area (Å²) in [5.41, 5.74) is 3.83. The van der Waals surface area contributed by atoms with Crippen LogP contribution in [0.1, 0.15) is 38.8 Å². The van der Waals surface area contributed by atoms with E-state index in [0.717, 1.165) is 11.1 Å². The van der Waals surface area contributed by atoms with E-state index >= 15 is 0 Å². The van der Waals surface area contributed by atoms with E-state index in [0.29, 0.717) is 22.4 Å². The number of hydrogen-bond donors (Lipinski definition) is 2. The van der Waals surface area contributed by atoms with Gasteiger partial charge in [0.25, 0.3) is 0 Å². The maximum absolute atomic E-state index is 12.7. The molecular formula is C23H29N5O2S. The van der Waals surface area contributed by atoms with Crippen molar-refractivity contribution < 1.29 is 9.53 Å². The van der Waals surface area contributed by atoms with Crippen molar-refractivity contribution in [3.63, 3.8) is 0 Å². The molecule has 0 aliphatic carbocycles. The Morgan fingerprint density at radius 2 is 1.84 bits per heavy atom. The first-order chi connectivity index (χ1) is 14.6. The second kappa shape index (κ2) is 9.01. The van der Waals surface area contributed by atoms with E-state index in [1.807, 2.05) is 37.3 Å². The lowest BCUT2D eigenvalue weighted by Gasteiger charge is -2.19. The zero-order valence-corrected chi connectivity index (χ0v) is 19.6. The van der Waals surface area contributed by atoms with E-state index in [1.54, 1.807) is 14.0 Å². The van der Waals surface area contributed by atoms with Crippen molar-refractivity contribution in [3.05, 3.63) is 53.6 Å². The molecule has 0 spiro atoms. The first-order valence-corrected chi connectivity index (χ1v) is 10.9. The lowest BCUT2D eigenvalue weighted by Crippen LogP contribution is -2.24. The van der Waals surface area contributed by atoms with E-state index in [4.69, 9.17) is 10.6 Å². The zero-order valence-electron chi connectivity index (χ0n) is 18.8. The zero-order chi connectivity index (χ0) is 22.8. The summed E-state index contributed by atoms with van der Waals surface area (Å²) in [5.74, 6) is 7.23. The Kier molecular flexibility index (Phi) is 6.59. The molecule has 3 N–H and O–H groups in total. The molecule has 8 heteroatoms. The number of ether oxygens (including phenoxy) is 1. The van der Waals surface area contributed by atoms with Crippen LogP contribution in [0.4, 0.5) is 5.69 Å². The Bertz CT molecular complexity index is 1070. The number of rotatable bonds is 6. The Morgan fingerprint density at radius 3 is 2.45 bits per heavy atom. The highest BCUT2D eigenvalue weighted by Gasteiger charge is 2.21. The number of nitrogens with one attached hydrogen (secondary N) is 1. The molecule has 7 nitrogen and oxygen atoms in total. The predicted octanol–water partition coefficient (Wildman–Crippen LogP) is 4.39. The molecule has 0 aliphatic heterocycles. The van der Waals surface area contributed by atoms with Gasteiger partial charge >= 0.3 is 0 Å². The van der Waals surface area contributed by atoms with Crippen LogP contribution in [0.15, 0.2) is 47.6 Å². The average Bonchev–Trinajstić information content (AvgIpc) is 3.07. The van der Waals surface area contributed by atoms with Gasteiger partial charge in [-0.15, -0.1) is 10.2 Å². The summed E-state index contributed by atoms with van der Waals surface area (Å²) in [6, 6.07) is 13.8. The summed E-state index contributed by atoms with van der Waals surface area (Å²) < 4.78 is 6.76. The van der Waals surface area contributed by atoms with Crippen LogP contribution in [0.5, 0.6) is 5.75 Å². The van der Waals surface area contributed by atoms with Gasteiger partial charge in [0.2, 0.25) is 11.1 Å². The van der Waals surface area contributed by atoms with Gasteiger partial charge in [-0.3, -0.25) is 4.79 Å². The summed E-state index contributed by atoms with van der Waals surface area (Å²) in [4.78, 5) is 12.7.